The van der Waals surface area contributed by atoms with Crippen LogP contribution in [-0.4, -0.2) is 32.5 Å². The Bertz CT molecular complexity index is 820. The first-order valence-corrected chi connectivity index (χ1v) is 10.7. The number of nitrogens with one attached hydrogen (secondary N) is 1. The highest BCUT2D eigenvalue weighted by Crippen LogP contribution is 2.41. The molecule has 1 amide bonds. The molecule has 0 unspecified atom stereocenters. The zero-order valence-electron chi connectivity index (χ0n) is 15.5. The van der Waals surface area contributed by atoms with Crippen LogP contribution in [-0.2, 0) is 4.79 Å². The fourth-order valence-corrected chi connectivity index (χ4v) is 4.59. The molecule has 27 heavy (non-hydrogen) atoms. The van der Waals surface area contributed by atoms with E-state index >= 15 is 0 Å². The molecule has 2 aliphatic rings. The molecule has 1 aromatic carbocycles. The zero-order valence-corrected chi connectivity index (χ0v) is 16.3. The Balaban J connectivity index is 1.45. The standard InChI is InChI=1S/C20H25FN4OS/c1-13-6-2-5-9-17(13)22-18(26)12-27-20-24-23-19(25(20)14-10-11-14)15-7-3-4-8-16(15)21/h3-4,7-8,13-14,17H,2,5-6,9-12H2,1H3,(H,22,26)/t13-,17+/m1/s1. The molecule has 1 aromatic heterocycles. The molecule has 0 bridgehead atoms. The summed E-state index contributed by atoms with van der Waals surface area (Å²) in [7, 11) is 0. The highest BCUT2D eigenvalue weighted by molar-refractivity contribution is 7.99. The number of amides is 1. The number of rotatable bonds is 6. The minimum absolute atomic E-state index is 0.0385. The maximum absolute atomic E-state index is 14.2. The first-order chi connectivity index (χ1) is 13.1. The summed E-state index contributed by atoms with van der Waals surface area (Å²) in [5.41, 5.74) is 0.462. The van der Waals surface area contributed by atoms with Crippen LogP contribution in [0.15, 0.2) is 29.4 Å². The normalized spacial score (nSPS) is 22.6. The molecular weight excluding hydrogens is 363 g/mol. The molecule has 2 atom stereocenters. The van der Waals surface area contributed by atoms with Gasteiger partial charge in [0.2, 0.25) is 5.91 Å². The van der Waals surface area contributed by atoms with Gasteiger partial charge in [-0.05, 0) is 43.7 Å². The zero-order chi connectivity index (χ0) is 18.8. The lowest BCUT2D eigenvalue weighted by Crippen LogP contribution is -2.41. The van der Waals surface area contributed by atoms with Gasteiger partial charge >= 0.3 is 0 Å². The number of hydrogen-bond donors (Lipinski definition) is 1. The minimum atomic E-state index is -0.299. The molecule has 4 rings (SSSR count). The largest absolute Gasteiger partial charge is 0.352 e. The van der Waals surface area contributed by atoms with Crippen molar-refractivity contribution in [3.05, 3.63) is 30.1 Å². The Morgan fingerprint density at radius 2 is 2.00 bits per heavy atom. The lowest BCUT2D eigenvalue weighted by atomic mass is 9.86. The number of thioether (sulfide) groups is 1. The lowest BCUT2D eigenvalue weighted by Gasteiger charge is -2.29. The second kappa shape index (κ2) is 8.00. The van der Waals surface area contributed by atoms with Gasteiger partial charge in [-0.2, -0.15) is 0 Å². The number of carbonyl (C=O) groups is 1. The molecule has 0 saturated heterocycles. The quantitative estimate of drug-likeness (QED) is 0.753. The molecule has 5 nitrogen and oxygen atoms in total. The Kier molecular flexibility index (Phi) is 5.48. The third-order valence-corrected chi connectivity index (χ3v) is 6.42. The fraction of sp³-hybridized carbons (Fsp3) is 0.550. The van der Waals surface area contributed by atoms with Crippen LogP contribution in [0, 0.1) is 11.7 Å². The van der Waals surface area contributed by atoms with Crippen LogP contribution >= 0.6 is 11.8 Å². The van der Waals surface area contributed by atoms with E-state index in [2.05, 4.69) is 22.4 Å². The van der Waals surface area contributed by atoms with Gasteiger partial charge in [-0.25, -0.2) is 4.39 Å². The molecule has 2 fully saturated rings. The van der Waals surface area contributed by atoms with Gasteiger partial charge in [0.05, 0.1) is 11.3 Å². The Morgan fingerprint density at radius 3 is 2.74 bits per heavy atom. The highest BCUT2D eigenvalue weighted by atomic mass is 32.2. The predicted octanol–water partition coefficient (Wildman–Crippen LogP) is 4.21. The number of carbonyl (C=O) groups excluding carboxylic acids is 1. The van der Waals surface area contributed by atoms with E-state index in [1.54, 1.807) is 18.2 Å². The van der Waals surface area contributed by atoms with Crippen molar-refractivity contribution in [3.8, 4) is 11.4 Å². The van der Waals surface area contributed by atoms with Gasteiger partial charge < -0.3 is 5.32 Å². The van der Waals surface area contributed by atoms with E-state index in [4.69, 9.17) is 0 Å². The second-order valence-corrected chi connectivity index (χ2v) is 8.55. The third kappa shape index (κ3) is 4.18. The smallest absolute Gasteiger partial charge is 0.230 e. The summed E-state index contributed by atoms with van der Waals surface area (Å²) in [6.07, 6.45) is 6.76. The summed E-state index contributed by atoms with van der Waals surface area (Å²) in [6, 6.07) is 7.22. The number of halogens is 1. The van der Waals surface area contributed by atoms with Crippen LogP contribution in [0.5, 0.6) is 0 Å². The Labute approximate surface area is 163 Å². The fourth-order valence-electron chi connectivity index (χ4n) is 3.77. The van der Waals surface area contributed by atoms with Gasteiger partial charge in [0.1, 0.15) is 5.82 Å². The number of nitrogens with zero attached hydrogens (tertiary/aromatic N) is 3. The molecule has 144 valence electrons. The van der Waals surface area contributed by atoms with Crippen molar-refractivity contribution in [2.75, 3.05) is 5.75 Å². The maximum Gasteiger partial charge on any atom is 0.230 e. The molecule has 0 spiro atoms. The van der Waals surface area contributed by atoms with Crippen LogP contribution < -0.4 is 5.32 Å². The van der Waals surface area contributed by atoms with Crippen molar-refractivity contribution >= 4 is 17.7 Å². The van der Waals surface area contributed by atoms with Crippen molar-refractivity contribution in [2.24, 2.45) is 5.92 Å². The molecule has 2 aromatic rings. The van der Waals surface area contributed by atoms with Crippen molar-refractivity contribution in [1.82, 2.24) is 20.1 Å². The lowest BCUT2D eigenvalue weighted by molar-refractivity contribution is -0.119. The van der Waals surface area contributed by atoms with Crippen molar-refractivity contribution in [1.29, 1.82) is 0 Å². The van der Waals surface area contributed by atoms with E-state index in [0.717, 1.165) is 19.3 Å². The van der Waals surface area contributed by atoms with E-state index in [-0.39, 0.29) is 17.8 Å². The first-order valence-electron chi connectivity index (χ1n) is 9.75. The van der Waals surface area contributed by atoms with E-state index in [1.165, 1.54) is 37.1 Å². The van der Waals surface area contributed by atoms with Crippen molar-refractivity contribution in [2.45, 2.75) is 62.7 Å². The average Bonchev–Trinajstić information content (AvgIpc) is 3.42. The Morgan fingerprint density at radius 1 is 1.22 bits per heavy atom. The molecule has 0 radical (unpaired) electrons. The van der Waals surface area contributed by atoms with E-state index < -0.39 is 0 Å². The average molecular weight is 389 g/mol. The third-order valence-electron chi connectivity index (χ3n) is 5.48. The molecule has 2 saturated carbocycles. The summed E-state index contributed by atoms with van der Waals surface area (Å²) in [4.78, 5) is 12.4. The van der Waals surface area contributed by atoms with Gasteiger partial charge in [0.15, 0.2) is 11.0 Å². The molecular formula is C20H25FN4OS. The van der Waals surface area contributed by atoms with Gasteiger partial charge in [-0.3, -0.25) is 9.36 Å². The first kappa shape index (κ1) is 18.5. The SMILES string of the molecule is C[C@@H]1CCCC[C@@H]1NC(=O)CSc1nnc(-c2ccccc2F)n1C1CC1. The minimum Gasteiger partial charge on any atom is -0.352 e. The summed E-state index contributed by atoms with van der Waals surface area (Å²) >= 11 is 1.39. The summed E-state index contributed by atoms with van der Waals surface area (Å²) in [6.45, 7) is 2.21. The van der Waals surface area contributed by atoms with Gasteiger partial charge in [-0.1, -0.05) is 43.7 Å². The second-order valence-electron chi connectivity index (χ2n) is 7.61. The molecule has 1 N–H and O–H groups in total. The molecule has 1 heterocycles. The highest BCUT2D eigenvalue weighted by Gasteiger charge is 2.31. The van der Waals surface area contributed by atoms with Crippen LogP contribution in [0.1, 0.15) is 51.5 Å². The number of aromatic nitrogens is 3. The maximum atomic E-state index is 14.2. The topological polar surface area (TPSA) is 59.8 Å². The number of hydrogen-bond acceptors (Lipinski definition) is 4. The molecule has 7 heteroatoms. The van der Waals surface area contributed by atoms with Crippen molar-refractivity contribution < 1.29 is 9.18 Å². The monoisotopic (exact) mass is 388 g/mol. The van der Waals surface area contributed by atoms with Crippen LogP contribution in [0.3, 0.4) is 0 Å². The van der Waals surface area contributed by atoms with Gasteiger partial charge in [0.25, 0.3) is 0 Å². The van der Waals surface area contributed by atoms with E-state index in [1.807, 2.05) is 4.57 Å². The Hall–Kier alpha value is -1.89. The summed E-state index contributed by atoms with van der Waals surface area (Å²) < 4.78 is 16.2. The van der Waals surface area contributed by atoms with Crippen LogP contribution in [0.2, 0.25) is 0 Å². The van der Waals surface area contributed by atoms with Crippen LogP contribution in [0.25, 0.3) is 11.4 Å². The van der Waals surface area contributed by atoms with E-state index in [9.17, 15) is 9.18 Å². The molecule has 2 aliphatic carbocycles. The van der Waals surface area contributed by atoms with E-state index in [0.29, 0.717) is 34.3 Å². The molecule has 0 aliphatic heterocycles. The predicted molar refractivity (Wildman–Crippen MR) is 104 cm³/mol. The van der Waals surface area contributed by atoms with Gasteiger partial charge in [-0.15, -0.1) is 10.2 Å². The number of benzene rings is 1. The van der Waals surface area contributed by atoms with Crippen LogP contribution in [0.4, 0.5) is 4.39 Å². The van der Waals surface area contributed by atoms with Crippen molar-refractivity contribution in [3.63, 3.8) is 0 Å². The van der Waals surface area contributed by atoms with Gasteiger partial charge in [0, 0.05) is 12.1 Å². The summed E-state index contributed by atoms with van der Waals surface area (Å²) in [5.74, 6) is 1.14. The summed E-state index contributed by atoms with van der Waals surface area (Å²) in [5, 5.41) is 12.4.